The van der Waals surface area contributed by atoms with Gasteiger partial charge in [-0.3, -0.25) is 24.2 Å². The van der Waals surface area contributed by atoms with Crippen LogP contribution in [0.2, 0.25) is 0 Å². The van der Waals surface area contributed by atoms with E-state index in [0.717, 1.165) is 42.6 Å². The number of anilines is 1. The molecule has 57 heavy (non-hydrogen) atoms. The molecule has 3 fully saturated rings. The van der Waals surface area contributed by atoms with Gasteiger partial charge in [-0.2, -0.15) is 0 Å². The third kappa shape index (κ3) is 10.9. The van der Waals surface area contributed by atoms with Crippen LogP contribution < -0.4 is 10.2 Å². The molecule has 3 aromatic carbocycles. The van der Waals surface area contributed by atoms with Gasteiger partial charge in [0, 0.05) is 62.5 Å². The zero-order valence-corrected chi connectivity index (χ0v) is 34.0. The van der Waals surface area contributed by atoms with Crippen LogP contribution >= 0.6 is 0 Å². The van der Waals surface area contributed by atoms with Gasteiger partial charge < -0.3 is 19.7 Å². The number of hydrogen-bond acceptors (Lipinski definition) is 9. The predicted molar refractivity (Wildman–Crippen MR) is 218 cm³/mol. The molecule has 306 valence electrons. The second-order valence-corrected chi connectivity index (χ2v) is 18.0. The van der Waals surface area contributed by atoms with Crippen molar-refractivity contribution in [2.45, 2.75) is 83.0 Å². The Morgan fingerprint density at radius 1 is 0.895 bits per heavy atom. The lowest BCUT2D eigenvalue weighted by Gasteiger charge is -2.31. The molecular formula is C44H56N4O8S. The number of unbranched alkanes of at least 4 members (excludes halogenated alkanes) is 1. The van der Waals surface area contributed by atoms with Crippen molar-refractivity contribution in [2.75, 3.05) is 56.4 Å². The molecule has 3 aromatic rings. The number of benzene rings is 3. The number of nitrogens with zero attached hydrogens (tertiary/aromatic N) is 3. The van der Waals surface area contributed by atoms with Crippen molar-refractivity contribution >= 4 is 39.2 Å². The molecule has 2 aliphatic heterocycles. The fourth-order valence-electron chi connectivity index (χ4n) is 8.52. The normalized spacial score (nSPS) is 20.4. The Morgan fingerprint density at radius 3 is 2.18 bits per heavy atom. The first-order valence-electron chi connectivity index (χ1n) is 20.2. The van der Waals surface area contributed by atoms with Crippen LogP contribution in [0.15, 0.2) is 84.9 Å². The average molecular weight is 801 g/mol. The number of carbonyl (C=O) groups is 4. The van der Waals surface area contributed by atoms with Crippen molar-refractivity contribution in [3.8, 4) is 0 Å². The SMILES string of the molecule is CC(=O)N1C(Cc2ccccc2)C(=O)N(c2ccc(CC(NC(=O)C3(CCCCS(C)(=O)=O)CCCC3)C(=O)OCCN3CCOCC3)cc2)C1c1ccccc1. The van der Waals surface area contributed by atoms with Crippen LogP contribution in [0.1, 0.15) is 74.7 Å². The Hall–Kier alpha value is -4.59. The summed E-state index contributed by atoms with van der Waals surface area (Å²) in [6.07, 6.45) is 5.87. The van der Waals surface area contributed by atoms with Gasteiger partial charge in [-0.25, -0.2) is 13.2 Å². The van der Waals surface area contributed by atoms with Crippen LogP contribution in [0.4, 0.5) is 5.69 Å². The third-order valence-corrected chi connectivity index (χ3v) is 12.6. The van der Waals surface area contributed by atoms with Crippen molar-refractivity contribution < 1.29 is 37.1 Å². The van der Waals surface area contributed by atoms with Crippen LogP contribution in [0.5, 0.6) is 0 Å². The summed E-state index contributed by atoms with van der Waals surface area (Å²) in [6.45, 7) is 5.00. The molecule has 3 amide bonds. The molecule has 2 heterocycles. The summed E-state index contributed by atoms with van der Waals surface area (Å²) >= 11 is 0. The highest BCUT2D eigenvalue weighted by Gasteiger charge is 2.49. The Labute approximate surface area is 336 Å². The fraction of sp³-hybridized carbons (Fsp3) is 0.500. The number of carbonyl (C=O) groups excluding carboxylic acids is 4. The number of esters is 1. The van der Waals surface area contributed by atoms with Crippen LogP contribution in [0.3, 0.4) is 0 Å². The molecule has 0 aromatic heterocycles. The summed E-state index contributed by atoms with van der Waals surface area (Å²) in [4.78, 5) is 61.1. The first-order chi connectivity index (χ1) is 27.4. The summed E-state index contributed by atoms with van der Waals surface area (Å²) in [5.41, 5.74) is 2.45. The maximum absolute atomic E-state index is 14.4. The fourth-order valence-corrected chi connectivity index (χ4v) is 9.25. The molecule has 6 rings (SSSR count). The van der Waals surface area contributed by atoms with E-state index in [-0.39, 0.29) is 36.5 Å². The van der Waals surface area contributed by atoms with E-state index >= 15 is 0 Å². The summed E-state index contributed by atoms with van der Waals surface area (Å²) < 4.78 is 34.8. The molecule has 3 aliphatic rings. The van der Waals surface area contributed by atoms with Crippen molar-refractivity contribution in [1.82, 2.24) is 15.1 Å². The lowest BCUT2D eigenvalue weighted by atomic mass is 9.80. The van der Waals surface area contributed by atoms with Crippen molar-refractivity contribution in [3.63, 3.8) is 0 Å². The second-order valence-electron chi connectivity index (χ2n) is 15.7. The van der Waals surface area contributed by atoms with Crippen molar-refractivity contribution in [1.29, 1.82) is 0 Å². The molecule has 0 spiro atoms. The van der Waals surface area contributed by atoms with Gasteiger partial charge in [-0.15, -0.1) is 0 Å². The summed E-state index contributed by atoms with van der Waals surface area (Å²) in [7, 11) is -3.10. The van der Waals surface area contributed by atoms with E-state index in [0.29, 0.717) is 64.0 Å². The van der Waals surface area contributed by atoms with Gasteiger partial charge in [0.25, 0.3) is 5.91 Å². The molecule has 0 radical (unpaired) electrons. The minimum Gasteiger partial charge on any atom is -0.463 e. The first kappa shape index (κ1) is 42.0. The van der Waals surface area contributed by atoms with E-state index in [1.807, 2.05) is 84.9 Å². The summed E-state index contributed by atoms with van der Waals surface area (Å²) in [6, 6.07) is 24.9. The van der Waals surface area contributed by atoms with Gasteiger partial charge in [0.15, 0.2) is 0 Å². The van der Waals surface area contributed by atoms with Gasteiger partial charge in [-0.1, -0.05) is 92.1 Å². The molecule has 2 saturated heterocycles. The maximum Gasteiger partial charge on any atom is 0.329 e. The van der Waals surface area contributed by atoms with Crippen LogP contribution in [-0.2, 0) is 51.3 Å². The quantitative estimate of drug-likeness (QED) is 0.150. The van der Waals surface area contributed by atoms with Crippen molar-refractivity contribution in [2.24, 2.45) is 5.41 Å². The highest BCUT2D eigenvalue weighted by Crippen LogP contribution is 2.43. The monoisotopic (exact) mass is 800 g/mol. The number of morpholine rings is 1. The lowest BCUT2D eigenvalue weighted by Crippen LogP contribution is -2.49. The number of ether oxygens (including phenoxy) is 2. The zero-order valence-electron chi connectivity index (χ0n) is 33.1. The van der Waals surface area contributed by atoms with Crippen LogP contribution in [0, 0.1) is 5.41 Å². The van der Waals surface area contributed by atoms with E-state index in [9.17, 15) is 27.6 Å². The Kier molecular flexibility index (Phi) is 14.2. The van der Waals surface area contributed by atoms with Crippen molar-refractivity contribution in [3.05, 3.63) is 102 Å². The molecule has 1 aliphatic carbocycles. The Balaban J connectivity index is 1.23. The molecule has 13 heteroatoms. The molecular weight excluding hydrogens is 745 g/mol. The minimum atomic E-state index is -3.10. The lowest BCUT2D eigenvalue weighted by molar-refractivity contribution is -0.150. The molecule has 12 nitrogen and oxygen atoms in total. The third-order valence-electron chi connectivity index (χ3n) is 11.6. The molecule has 3 unspecified atom stereocenters. The highest BCUT2D eigenvalue weighted by molar-refractivity contribution is 7.90. The van der Waals surface area contributed by atoms with Gasteiger partial charge >= 0.3 is 5.97 Å². The molecule has 1 saturated carbocycles. The van der Waals surface area contributed by atoms with Gasteiger partial charge in [-0.05, 0) is 54.5 Å². The molecule has 0 bridgehead atoms. The predicted octanol–water partition coefficient (Wildman–Crippen LogP) is 4.87. The topological polar surface area (TPSA) is 143 Å². The Morgan fingerprint density at radius 2 is 1.54 bits per heavy atom. The van der Waals surface area contributed by atoms with Crippen LogP contribution in [-0.4, -0.2) is 105 Å². The second kappa shape index (κ2) is 19.2. The average Bonchev–Trinajstić information content (AvgIpc) is 3.80. The molecule has 1 N–H and O–H groups in total. The standard InChI is InChI=1S/C44H56N4O8S/c1-33(49)47-39(32-34-13-5-3-6-14-34)41(50)48(40(47)36-15-7-4-8-16-36)37-19-17-35(18-20-37)31-38(42(51)56-29-26-46-24-27-55-28-25-46)45-43(52)44(21-9-10-22-44)23-11-12-30-57(2,53)54/h3-8,13-20,38-40H,9-12,21-32H2,1-2H3,(H,45,52). The van der Waals surface area contributed by atoms with E-state index in [4.69, 9.17) is 9.47 Å². The maximum atomic E-state index is 14.4. The Bertz CT molecular complexity index is 1930. The number of hydrogen-bond donors (Lipinski definition) is 1. The molecule has 3 atom stereocenters. The number of nitrogens with one attached hydrogen (secondary N) is 1. The number of sulfone groups is 1. The van der Waals surface area contributed by atoms with Gasteiger partial charge in [0.2, 0.25) is 11.8 Å². The van der Waals surface area contributed by atoms with Crippen LogP contribution in [0.25, 0.3) is 0 Å². The minimum absolute atomic E-state index is 0.0778. The largest absolute Gasteiger partial charge is 0.463 e. The summed E-state index contributed by atoms with van der Waals surface area (Å²) in [5, 5.41) is 3.07. The highest BCUT2D eigenvalue weighted by atomic mass is 32.2. The van der Waals surface area contributed by atoms with E-state index in [1.165, 1.54) is 13.2 Å². The summed E-state index contributed by atoms with van der Waals surface area (Å²) in [5.74, 6) is -1.05. The zero-order chi connectivity index (χ0) is 40.4. The van der Waals surface area contributed by atoms with E-state index < -0.39 is 39.5 Å². The van der Waals surface area contributed by atoms with E-state index in [1.54, 1.807) is 9.80 Å². The number of amides is 3. The van der Waals surface area contributed by atoms with E-state index in [2.05, 4.69) is 10.2 Å². The van der Waals surface area contributed by atoms with Gasteiger partial charge in [0.1, 0.15) is 34.7 Å². The smallest absolute Gasteiger partial charge is 0.329 e. The first-order valence-corrected chi connectivity index (χ1v) is 22.3. The van der Waals surface area contributed by atoms with Gasteiger partial charge in [0.05, 0.1) is 13.2 Å². The number of rotatable bonds is 17.